The minimum absolute atomic E-state index is 0.323. The van der Waals surface area contributed by atoms with E-state index in [1.165, 1.54) is 21.9 Å². The molecule has 0 amide bonds. The van der Waals surface area contributed by atoms with Gasteiger partial charge in [-0.2, -0.15) is 0 Å². The maximum Gasteiger partial charge on any atom is 0.140 e. The molecule has 100 valence electrons. The van der Waals surface area contributed by atoms with E-state index in [9.17, 15) is 9.50 Å². The Morgan fingerprint density at radius 2 is 1.89 bits per heavy atom. The number of aliphatic hydroxyl groups is 1. The molecule has 0 unspecified atom stereocenters. The summed E-state index contributed by atoms with van der Waals surface area (Å²) in [5.41, 5.74) is 2.45. The largest absolute Gasteiger partial charge is 0.389 e. The molecule has 2 nitrogen and oxygen atoms in total. The number of hydrogen-bond donors (Lipinski definition) is 1. The first kappa shape index (κ1) is 12.6. The highest BCUT2D eigenvalue weighted by atomic mass is 19.1. The maximum atomic E-state index is 13.4. The van der Waals surface area contributed by atoms with Crippen LogP contribution < -0.4 is 0 Å². The van der Waals surface area contributed by atoms with Crippen LogP contribution in [0.1, 0.15) is 11.1 Å². The number of likely N-dealkylation sites (tertiary alicyclic amines) is 1. The molecule has 0 aromatic heterocycles. The van der Waals surface area contributed by atoms with Crippen molar-refractivity contribution in [3.05, 3.63) is 47.5 Å². The van der Waals surface area contributed by atoms with E-state index in [-0.39, 0.29) is 0 Å². The van der Waals surface area contributed by atoms with Gasteiger partial charge in [-0.3, -0.25) is 4.90 Å². The molecule has 2 aromatic rings. The van der Waals surface area contributed by atoms with Gasteiger partial charge in [0.05, 0.1) is 6.10 Å². The number of aryl methyl sites for hydroxylation is 1. The van der Waals surface area contributed by atoms with Crippen LogP contribution in [0.5, 0.6) is 0 Å². The number of aliphatic hydroxyl groups excluding tert-OH is 1. The number of alkyl halides is 1. The normalized spacial score (nSPS) is 24.2. The standard InChI is InChI=1S/C16H18FNO/c1-11-6-7-12(14-5-3-2-4-13(11)14)8-18-9-15(17)16(19)10-18/h2-7,15-16,19H,8-10H2,1H3/t15-,16-/m1/s1. The van der Waals surface area contributed by atoms with Crippen LogP contribution in [0.4, 0.5) is 4.39 Å². The molecule has 1 N–H and O–H groups in total. The van der Waals surface area contributed by atoms with Gasteiger partial charge in [0.1, 0.15) is 6.17 Å². The molecule has 3 heteroatoms. The zero-order valence-electron chi connectivity index (χ0n) is 11.0. The van der Waals surface area contributed by atoms with Crippen molar-refractivity contribution in [1.29, 1.82) is 0 Å². The summed E-state index contributed by atoms with van der Waals surface area (Å²) in [6.45, 7) is 3.54. The highest BCUT2D eigenvalue weighted by Gasteiger charge is 2.31. The van der Waals surface area contributed by atoms with Crippen LogP contribution in [0.2, 0.25) is 0 Å². The lowest BCUT2D eigenvalue weighted by Crippen LogP contribution is -2.21. The highest BCUT2D eigenvalue weighted by molar-refractivity contribution is 5.88. The van der Waals surface area contributed by atoms with Crippen molar-refractivity contribution in [2.75, 3.05) is 13.1 Å². The Hall–Kier alpha value is -1.45. The van der Waals surface area contributed by atoms with Gasteiger partial charge in [-0.1, -0.05) is 36.4 Å². The first-order valence-electron chi connectivity index (χ1n) is 6.67. The van der Waals surface area contributed by atoms with Crippen LogP contribution in [0.25, 0.3) is 10.8 Å². The van der Waals surface area contributed by atoms with E-state index < -0.39 is 12.3 Å². The van der Waals surface area contributed by atoms with Crippen LogP contribution in [0.15, 0.2) is 36.4 Å². The van der Waals surface area contributed by atoms with E-state index in [4.69, 9.17) is 0 Å². The van der Waals surface area contributed by atoms with E-state index in [1.807, 2.05) is 17.0 Å². The van der Waals surface area contributed by atoms with Crippen molar-refractivity contribution < 1.29 is 9.50 Å². The zero-order chi connectivity index (χ0) is 13.4. The molecule has 0 aliphatic carbocycles. The third-order valence-electron chi connectivity index (χ3n) is 3.92. The predicted molar refractivity (Wildman–Crippen MR) is 74.9 cm³/mol. The maximum absolute atomic E-state index is 13.4. The first-order chi connectivity index (χ1) is 9.15. The summed E-state index contributed by atoms with van der Waals surface area (Å²) in [6.07, 6.45) is -1.95. The lowest BCUT2D eigenvalue weighted by atomic mass is 10.00. The minimum Gasteiger partial charge on any atom is -0.389 e. The average molecular weight is 259 g/mol. The molecule has 1 aliphatic rings. The van der Waals surface area contributed by atoms with Crippen molar-refractivity contribution in [2.45, 2.75) is 25.7 Å². The van der Waals surface area contributed by atoms with Crippen LogP contribution in [-0.4, -0.2) is 35.4 Å². The van der Waals surface area contributed by atoms with E-state index in [0.29, 0.717) is 19.6 Å². The summed E-state index contributed by atoms with van der Waals surface area (Å²) in [5.74, 6) is 0. The molecule has 1 aliphatic heterocycles. The fourth-order valence-corrected chi connectivity index (χ4v) is 2.84. The molecule has 2 atom stereocenters. The molecule has 0 spiro atoms. The molecule has 0 bridgehead atoms. The number of β-amino-alcohol motifs (C(OH)–C–C–N with tert-alkyl or cyclic N) is 1. The molecular weight excluding hydrogens is 241 g/mol. The Morgan fingerprint density at radius 3 is 2.58 bits per heavy atom. The molecule has 2 aromatic carbocycles. The monoisotopic (exact) mass is 259 g/mol. The van der Waals surface area contributed by atoms with Crippen LogP contribution in [-0.2, 0) is 6.54 Å². The Kier molecular flexibility index (Phi) is 3.25. The molecule has 1 saturated heterocycles. The number of rotatable bonds is 2. The second-order valence-electron chi connectivity index (χ2n) is 5.36. The summed E-state index contributed by atoms with van der Waals surface area (Å²) in [7, 11) is 0. The quantitative estimate of drug-likeness (QED) is 0.896. The van der Waals surface area contributed by atoms with Gasteiger partial charge in [-0.15, -0.1) is 0 Å². The van der Waals surface area contributed by atoms with E-state index in [1.54, 1.807) is 0 Å². The van der Waals surface area contributed by atoms with Gasteiger partial charge in [0, 0.05) is 19.6 Å². The summed E-state index contributed by atoms with van der Waals surface area (Å²) < 4.78 is 13.4. The molecule has 19 heavy (non-hydrogen) atoms. The third-order valence-corrected chi connectivity index (χ3v) is 3.92. The number of halogens is 1. The number of hydrogen-bond acceptors (Lipinski definition) is 2. The average Bonchev–Trinajstić information content (AvgIpc) is 2.72. The topological polar surface area (TPSA) is 23.5 Å². The molecule has 0 radical (unpaired) electrons. The Balaban J connectivity index is 1.92. The summed E-state index contributed by atoms with van der Waals surface area (Å²) in [4.78, 5) is 1.98. The van der Waals surface area contributed by atoms with Crippen LogP contribution in [0, 0.1) is 6.92 Å². The summed E-state index contributed by atoms with van der Waals surface area (Å²) in [6, 6.07) is 12.5. The highest BCUT2D eigenvalue weighted by Crippen LogP contribution is 2.25. The number of fused-ring (bicyclic) bond motifs is 1. The second kappa shape index (κ2) is 4.91. The fraction of sp³-hybridized carbons (Fsp3) is 0.375. The Bertz CT molecular complexity index is 588. The molecule has 0 saturated carbocycles. The lowest BCUT2D eigenvalue weighted by Gasteiger charge is -2.17. The smallest absolute Gasteiger partial charge is 0.140 e. The van der Waals surface area contributed by atoms with Gasteiger partial charge >= 0.3 is 0 Å². The second-order valence-corrected chi connectivity index (χ2v) is 5.36. The molecule has 1 fully saturated rings. The van der Waals surface area contributed by atoms with E-state index in [2.05, 4.69) is 31.2 Å². The minimum atomic E-state index is -1.11. The fourth-order valence-electron chi connectivity index (χ4n) is 2.84. The van der Waals surface area contributed by atoms with Gasteiger partial charge < -0.3 is 5.11 Å². The molecular formula is C16H18FNO. The Morgan fingerprint density at radius 1 is 1.16 bits per heavy atom. The molecule has 3 rings (SSSR count). The predicted octanol–water partition coefficient (Wildman–Crippen LogP) is 2.66. The lowest BCUT2D eigenvalue weighted by molar-refractivity contribution is 0.115. The first-order valence-corrected chi connectivity index (χ1v) is 6.67. The van der Waals surface area contributed by atoms with Crippen molar-refractivity contribution in [3.63, 3.8) is 0 Å². The third kappa shape index (κ3) is 2.36. The van der Waals surface area contributed by atoms with Gasteiger partial charge in [0.2, 0.25) is 0 Å². The van der Waals surface area contributed by atoms with E-state index >= 15 is 0 Å². The number of benzene rings is 2. The van der Waals surface area contributed by atoms with Crippen LogP contribution in [0.3, 0.4) is 0 Å². The van der Waals surface area contributed by atoms with Crippen molar-refractivity contribution in [1.82, 2.24) is 4.90 Å². The van der Waals surface area contributed by atoms with E-state index in [0.717, 1.165) is 0 Å². The van der Waals surface area contributed by atoms with Crippen molar-refractivity contribution in [3.8, 4) is 0 Å². The van der Waals surface area contributed by atoms with Crippen molar-refractivity contribution >= 4 is 10.8 Å². The Labute approximate surface area is 112 Å². The number of nitrogens with zero attached hydrogens (tertiary/aromatic N) is 1. The van der Waals surface area contributed by atoms with Crippen molar-refractivity contribution in [2.24, 2.45) is 0 Å². The molecule has 1 heterocycles. The zero-order valence-corrected chi connectivity index (χ0v) is 11.0. The van der Waals surface area contributed by atoms with Crippen LogP contribution >= 0.6 is 0 Å². The summed E-state index contributed by atoms with van der Waals surface area (Å²) >= 11 is 0. The van der Waals surface area contributed by atoms with Gasteiger partial charge in [0.25, 0.3) is 0 Å². The van der Waals surface area contributed by atoms with Gasteiger partial charge in [-0.05, 0) is 28.8 Å². The SMILES string of the molecule is Cc1ccc(CN2C[C@@H](O)[C@H](F)C2)c2ccccc12. The van der Waals surface area contributed by atoms with Gasteiger partial charge in [0.15, 0.2) is 0 Å². The summed E-state index contributed by atoms with van der Waals surface area (Å²) in [5, 5.41) is 12.0. The van der Waals surface area contributed by atoms with Gasteiger partial charge in [-0.25, -0.2) is 4.39 Å².